The van der Waals surface area contributed by atoms with E-state index in [1.807, 2.05) is 36.1 Å². The van der Waals surface area contributed by atoms with E-state index in [1.54, 1.807) is 7.11 Å². The van der Waals surface area contributed by atoms with Crippen molar-refractivity contribution in [1.29, 1.82) is 0 Å². The van der Waals surface area contributed by atoms with Crippen LogP contribution in [0.15, 0.2) is 24.3 Å². The minimum atomic E-state index is -0.0620. The van der Waals surface area contributed by atoms with E-state index >= 15 is 0 Å². The Bertz CT molecular complexity index is 464. The van der Waals surface area contributed by atoms with Crippen LogP contribution in [-0.2, 0) is 16.0 Å². The Balaban J connectivity index is 2.00. The summed E-state index contributed by atoms with van der Waals surface area (Å²) in [4.78, 5) is 14.2. The van der Waals surface area contributed by atoms with Gasteiger partial charge in [-0.3, -0.25) is 4.79 Å². The molecule has 0 aromatic heterocycles. The molecule has 2 unspecified atom stereocenters. The molecule has 20 heavy (non-hydrogen) atoms. The summed E-state index contributed by atoms with van der Waals surface area (Å²) >= 11 is 0. The summed E-state index contributed by atoms with van der Waals surface area (Å²) in [5, 5.41) is 0. The number of methoxy groups -OCH3 is 1. The Hall–Kier alpha value is -1.59. The number of nitrogens with zero attached hydrogens (tertiary/aromatic N) is 1. The van der Waals surface area contributed by atoms with Crippen LogP contribution in [0.5, 0.6) is 5.75 Å². The molecule has 1 aromatic carbocycles. The van der Waals surface area contributed by atoms with Crippen LogP contribution in [0.25, 0.3) is 0 Å². The van der Waals surface area contributed by atoms with Crippen molar-refractivity contribution in [3.8, 4) is 5.75 Å². The molecule has 2 rings (SSSR count). The van der Waals surface area contributed by atoms with Crippen molar-refractivity contribution >= 4 is 5.91 Å². The largest absolute Gasteiger partial charge is 0.497 e. The maximum atomic E-state index is 12.4. The van der Waals surface area contributed by atoms with E-state index in [1.165, 1.54) is 0 Å². The molecule has 1 aliphatic rings. The number of amides is 1. The van der Waals surface area contributed by atoms with Gasteiger partial charge >= 0.3 is 0 Å². The molecule has 1 aliphatic heterocycles. The summed E-state index contributed by atoms with van der Waals surface area (Å²) in [6.07, 6.45) is 0.348. The van der Waals surface area contributed by atoms with E-state index in [9.17, 15) is 4.79 Å². The van der Waals surface area contributed by atoms with Gasteiger partial charge in [-0.15, -0.1) is 0 Å². The van der Waals surface area contributed by atoms with Gasteiger partial charge in [0.2, 0.25) is 5.91 Å². The predicted molar refractivity (Wildman–Crippen MR) is 76.7 cm³/mol. The lowest BCUT2D eigenvalue weighted by atomic mass is 10.1. The Kier molecular flexibility index (Phi) is 4.98. The molecule has 5 nitrogen and oxygen atoms in total. The molecular formula is C15H22N2O3. The number of hydrogen-bond donors (Lipinski definition) is 1. The SMILES string of the molecule is COc1cccc(CC(=O)N2CC(C)OC(CN)C2)c1. The summed E-state index contributed by atoms with van der Waals surface area (Å²) in [5.74, 6) is 0.873. The molecule has 1 saturated heterocycles. The van der Waals surface area contributed by atoms with Crippen molar-refractivity contribution < 1.29 is 14.3 Å². The van der Waals surface area contributed by atoms with Crippen LogP contribution in [0.2, 0.25) is 0 Å². The van der Waals surface area contributed by atoms with Crippen molar-refractivity contribution in [3.05, 3.63) is 29.8 Å². The topological polar surface area (TPSA) is 64.8 Å². The van der Waals surface area contributed by atoms with Crippen molar-refractivity contribution in [1.82, 2.24) is 4.90 Å². The third-order valence-corrected chi connectivity index (χ3v) is 3.43. The number of carbonyl (C=O) groups is 1. The van der Waals surface area contributed by atoms with Gasteiger partial charge in [0.15, 0.2) is 0 Å². The quantitative estimate of drug-likeness (QED) is 0.885. The highest BCUT2D eigenvalue weighted by molar-refractivity contribution is 5.79. The van der Waals surface area contributed by atoms with Crippen LogP contribution in [0.1, 0.15) is 12.5 Å². The molecule has 5 heteroatoms. The Morgan fingerprint density at radius 1 is 1.50 bits per heavy atom. The highest BCUT2D eigenvalue weighted by Crippen LogP contribution is 2.16. The molecule has 0 aliphatic carbocycles. The van der Waals surface area contributed by atoms with Gasteiger partial charge in [-0.25, -0.2) is 0 Å². The van der Waals surface area contributed by atoms with Crippen LogP contribution < -0.4 is 10.5 Å². The lowest BCUT2D eigenvalue weighted by Crippen LogP contribution is -2.51. The second-order valence-corrected chi connectivity index (χ2v) is 5.13. The molecule has 0 bridgehead atoms. The number of nitrogens with two attached hydrogens (primary N) is 1. The second-order valence-electron chi connectivity index (χ2n) is 5.13. The van der Waals surface area contributed by atoms with Crippen LogP contribution in [0.3, 0.4) is 0 Å². The van der Waals surface area contributed by atoms with E-state index in [2.05, 4.69) is 0 Å². The summed E-state index contributed by atoms with van der Waals surface area (Å²) in [6.45, 7) is 3.60. The van der Waals surface area contributed by atoms with E-state index in [4.69, 9.17) is 15.2 Å². The first-order valence-electron chi connectivity index (χ1n) is 6.88. The lowest BCUT2D eigenvalue weighted by molar-refractivity contribution is -0.142. The predicted octanol–water partition coefficient (Wildman–Crippen LogP) is 0.812. The van der Waals surface area contributed by atoms with Crippen LogP contribution >= 0.6 is 0 Å². The fourth-order valence-electron chi connectivity index (χ4n) is 2.45. The second kappa shape index (κ2) is 6.72. The molecule has 0 saturated carbocycles. The van der Waals surface area contributed by atoms with E-state index in [0.717, 1.165) is 11.3 Å². The molecule has 1 amide bonds. The molecule has 2 atom stereocenters. The van der Waals surface area contributed by atoms with Gasteiger partial charge in [0.05, 0.1) is 25.7 Å². The lowest BCUT2D eigenvalue weighted by Gasteiger charge is -2.36. The average Bonchev–Trinajstić information content (AvgIpc) is 2.46. The summed E-state index contributed by atoms with van der Waals surface area (Å²) in [7, 11) is 1.62. The van der Waals surface area contributed by atoms with Crippen LogP contribution in [0, 0.1) is 0 Å². The summed E-state index contributed by atoms with van der Waals surface area (Å²) < 4.78 is 10.8. The molecule has 110 valence electrons. The van der Waals surface area contributed by atoms with Gasteiger partial charge in [0, 0.05) is 19.6 Å². The molecular weight excluding hydrogens is 256 g/mol. The first-order valence-corrected chi connectivity index (χ1v) is 6.88. The molecule has 1 heterocycles. The number of hydrogen-bond acceptors (Lipinski definition) is 4. The molecule has 1 aromatic rings. The zero-order valence-corrected chi connectivity index (χ0v) is 12.0. The van der Waals surface area contributed by atoms with Crippen LogP contribution in [0.4, 0.5) is 0 Å². The highest BCUT2D eigenvalue weighted by atomic mass is 16.5. The summed E-state index contributed by atoms with van der Waals surface area (Å²) in [6, 6.07) is 7.59. The van der Waals surface area contributed by atoms with Gasteiger partial charge in [-0.2, -0.15) is 0 Å². The maximum absolute atomic E-state index is 12.4. The van der Waals surface area contributed by atoms with E-state index in [-0.39, 0.29) is 18.1 Å². The number of carbonyl (C=O) groups excluding carboxylic acids is 1. The standard InChI is InChI=1S/C15H22N2O3/c1-11-9-17(10-14(8-16)20-11)15(18)7-12-4-3-5-13(6-12)19-2/h3-6,11,14H,7-10,16H2,1-2H3. The van der Waals surface area contributed by atoms with Gasteiger partial charge in [-0.05, 0) is 24.6 Å². The van der Waals surface area contributed by atoms with Crippen LogP contribution in [-0.4, -0.2) is 49.8 Å². The van der Waals surface area contributed by atoms with Crippen molar-refractivity contribution in [2.45, 2.75) is 25.6 Å². The van der Waals surface area contributed by atoms with E-state index in [0.29, 0.717) is 26.1 Å². The maximum Gasteiger partial charge on any atom is 0.227 e. The minimum Gasteiger partial charge on any atom is -0.497 e. The number of morpholine rings is 1. The smallest absolute Gasteiger partial charge is 0.227 e. The molecule has 2 N–H and O–H groups in total. The zero-order valence-electron chi connectivity index (χ0n) is 12.0. The first-order chi connectivity index (χ1) is 9.62. The Morgan fingerprint density at radius 3 is 3.00 bits per heavy atom. The van der Waals surface area contributed by atoms with Crippen molar-refractivity contribution in [2.75, 3.05) is 26.7 Å². The van der Waals surface area contributed by atoms with Crippen molar-refractivity contribution in [3.63, 3.8) is 0 Å². The minimum absolute atomic E-state index is 0.0339. The fraction of sp³-hybridized carbons (Fsp3) is 0.533. The zero-order chi connectivity index (χ0) is 14.5. The Labute approximate surface area is 119 Å². The number of ether oxygens (including phenoxy) is 2. The highest BCUT2D eigenvalue weighted by Gasteiger charge is 2.27. The normalized spacial score (nSPS) is 22.6. The van der Waals surface area contributed by atoms with Gasteiger partial charge in [-0.1, -0.05) is 12.1 Å². The first kappa shape index (κ1) is 14.8. The van der Waals surface area contributed by atoms with Gasteiger partial charge in [0.1, 0.15) is 5.75 Å². The van der Waals surface area contributed by atoms with Crippen molar-refractivity contribution in [2.24, 2.45) is 5.73 Å². The average molecular weight is 278 g/mol. The summed E-state index contributed by atoms with van der Waals surface area (Å²) in [5.41, 5.74) is 6.60. The Morgan fingerprint density at radius 2 is 2.30 bits per heavy atom. The third-order valence-electron chi connectivity index (χ3n) is 3.43. The molecule has 0 radical (unpaired) electrons. The fourth-order valence-corrected chi connectivity index (χ4v) is 2.45. The monoisotopic (exact) mass is 278 g/mol. The third kappa shape index (κ3) is 3.71. The van der Waals surface area contributed by atoms with Gasteiger partial charge < -0.3 is 20.1 Å². The molecule has 0 spiro atoms. The van der Waals surface area contributed by atoms with Gasteiger partial charge in [0.25, 0.3) is 0 Å². The van der Waals surface area contributed by atoms with E-state index < -0.39 is 0 Å². The molecule has 1 fully saturated rings. The number of benzene rings is 1. The number of rotatable bonds is 4.